The fourth-order valence-corrected chi connectivity index (χ4v) is 3.05. The van der Waals surface area contributed by atoms with Crippen LogP contribution in [0.4, 0.5) is 4.39 Å². The van der Waals surface area contributed by atoms with Crippen LogP contribution in [-0.2, 0) is 4.79 Å². The van der Waals surface area contributed by atoms with Crippen molar-refractivity contribution in [1.82, 2.24) is 5.32 Å². The quantitative estimate of drug-likeness (QED) is 0.672. The molecule has 2 aromatic carbocycles. The van der Waals surface area contributed by atoms with Gasteiger partial charge in [0.15, 0.2) is 5.43 Å². The zero-order valence-corrected chi connectivity index (χ0v) is 15.6. The van der Waals surface area contributed by atoms with Crippen LogP contribution < -0.4 is 16.5 Å². The summed E-state index contributed by atoms with van der Waals surface area (Å²) in [6.07, 6.45) is -0.590. The largest absolute Gasteiger partial charge is 0.386 e. The third-order valence-electron chi connectivity index (χ3n) is 4.54. The lowest BCUT2D eigenvalue weighted by atomic mass is 9.95. The number of carbonyl (C=O) groups excluding carboxylic acids is 1. The van der Waals surface area contributed by atoms with Crippen molar-refractivity contribution >= 4 is 5.91 Å². The molecule has 0 heterocycles. The van der Waals surface area contributed by atoms with Crippen LogP contribution in [0.3, 0.4) is 0 Å². The first-order valence-electron chi connectivity index (χ1n) is 8.92. The Morgan fingerprint density at radius 1 is 1.19 bits per heavy atom. The van der Waals surface area contributed by atoms with E-state index in [9.17, 15) is 19.1 Å². The second-order valence-corrected chi connectivity index (χ2v) is 7.58. The fourth-order valence-electron chi connectivity index (χ4n) is 3.05. The van der Waals surface area contributed by atoms with Crippen molar-refractivity contribution in [2.75, 3.05) is 0 Å². The highest BCUT2D eigenvalue weighted by molar-refractivity contribution is 5.82. The van der Waals surface area contributed by atoms with Gasteiger partial charge in [0.05, 0.1) is 12.1 Å². The number of halogens is 1. The van der Waals surface area contributed by atoms with Gasteiger partial charge in [0.2, 0.25) is 5.91 Å². The topological polar surface area (TPSA) is 92.4 Å². The molecule has 0 radical (unpaired) electrons. The van der Waals surface area contributed by atoms with Crippen molar-refractivity contribution in [1.29, 1.82) is 0 Å². The van der Waals surface area contributed by atoms with Gasteiger partial charge >= 0.3 is 0 Å². The van der Waals surface area contributed by atoms with Gasteiger partial charge in [-0.05, 0) is 36.0 Å². The molecule has 0 fully saturated rings. The number of carbonyl (C=O) groups is 1. The average Bonchev–Trinajstić information content (AvgIpc) is 3.22. The molecule has 3 atom stereocenters. The highest BCUT2D eigenvalue weighted by Gasteiger charge is 2.37. The average molecular weight is 362 g/mol. The Morgan fingerprint density at radius 2 is 1.77 bits per heavy atom. The minimum atomic E-state index is -1.13. The number of aliphatic hydroxyl groups is 1. The van der Waals surface area contributed by atoms with E-state index in [4.69, 9.17) is 5.73 Å². The lowest BCUT2D eigenvalue weighted by Crippen LogP contribution is -2.49. The second kappa shape index (κ2) is 8.10. The van der Waals surface area contributed by atoms with E-state index in [1.54, 1.807) is 0 Å². The van der Waals surface area contributed by atoms with Gasteiger partial charge in [-0.15, -0.1) is 0 Å². The van der Waals surface area contributed by atoms with E-state index in [1.807, 2.05) is 27.7 Å². The number of hydrogen-bond donors (Lipinski definition) is 3. The van der Waals surface area contributed by atoms with Gasteiger partial charge in [-0.2, -0.15) is 0 Å². The predicted molar refractivity (Wildman–Crippen MR) is 99.6 cm³/mol. The maximum atomic E-state index is 13.1. The van der Waals surface area contributed by atoms with Crippen molar-refractivity contribution in [3.05, 3.63) is 45.9 Å². The molecule has 0 aliphatic rings. The zero-order chi connectivity index (χ0) is 19.6. The Kier molecular flexibility index (Phi) is 6.31. The molecule has 4 N–H and O–H groups in total. The minimum absolute atomic E-state index is 0.101. The van der Waals surface area contributed by atoms with Crippen LogP contribution in [0, 0.1) is 17.7 Å². The number of benzene rings is 1. The summed E-state index contributed by atoms with van der Waals surface area (Å²) in [5.74, 6) is -0.559. The number of amides is 1. The van der Waals surface area contributed by atoms with Gasteiger partial charge in [0, 0.05) is 11.1 Å². The predicted octanol–water partition coefficient (Wildman–Crippen LogP) is 2.28. The maximum Gasteiger partial charge on any atom is 0.237 e. The van der Waals surface area contributed by atoms with Gasteiger partial charge in [-0.3, -0.25) is 9.59 Å². The van der Waals surface area contributed by atoms with E-state index < -0.39 is 24.0 Å². The first-order valence-corrected chi connectivity index (χ1v) is 8.92. The van der Waals surface area contributed by atoms with Crippen LogP contribution in [0.25, 0.3) is 11.1 Å². The number of nitrogens with one attached hydrogen (secondary N) is 1. The molecule has 0 spiro atoms. The van der Waals surface area contributed by atoms with Gasteiger partial charge in [-0.25, -0.2) is 4.39 Å². The summed E-state index contributed by atoms with van der Waals surface area (Å²) in [5.41, 5.74) is 6.89. The molecule has 142 valence electrons. The minimum Gasteiger partial charge on any atom is -0.386 e. The molecular weight excluding hydrogens is 335 g/mol. The van der Waals surface area contributed by atoms with Crippen molar-refractivity contribution in [2.45, 2.75) is 52.3 Å². The number of nitrogens with two attached hydrogens (primary N) is 1. The molecule has 26 heavy (non-hydrogen) atoms. The molecule has 0 saturated carbocycles. The van der Waals surface area contributed by atoms with E-state index in [0.29, 0.717) is 17.5 Å². The highest BCUT2D eigenvalue weighted by atomic mass is 19.1. The van der Waals surface area contributed by atoms with Crippen LogP contribution in [0.1, 0.15) is 45.8 Å². The summed E-state index contributed by atoms with van der Waals surface area (Å²) in [6.45, 7) is 7.66. The zero-order valence-electron chi connectivity index (χ0n) is 15.6. The Bertz CT molecular complexity index is 761. The monoisotopic (exact) mass is 362 g/mol. The molecule has 5 nitrogen and oxygen atoms in total. The van der Waals surface area contributed by atoms with Gasteiger partial charge in [-0.1, -0.05) is 39.8 Å². The third kappa shape index (κ3) is 4.56. The molecular formula is C20H27FN2O3. The van der Waals surface area contributed by atoms with E-state index in [0.717, 1.165) is 0 Å². The second-order valence-electron chi connectivity index (χ2n) is 7.58. The Labute approximate surface area is 153 Å². The Hall–Kier alpha value is -2.05. The summed E-state index contributed by atoms with van der Waals surface area (Å²) in [4.78, 5) is 24.5. The molecule has 0 aromatic heterocycles. The molecule has 0 unspecified atom stereocenters. The molecule has 6 heteroatoms. The summed E-state index contributed by atoms with van der Waals surface area (Å²) in [6, 6.07) is 4.25. The van der Waals surface area contributed by atoms with Crippen LogP contribution in [0.15, 0.2) is 29.1 Å². The van der Waals surface area contributed by atoms with Crippen molar-refractivity contribution in [3.63, 3.8) is 0 Å². The lowest BCUT2D eigenvalue weighted by Gasteiger charge is -2.27. The van der Waals surface area contributed by atoms with Gasteiger partial charge < -0.3 is 16.2 Å². The number of aliphatic hydroxyl groups excluding tert-OH is 1. The molecule has 1 amide bonds. The van der Waals surface area contributed by atoms with Crippen molar-refractivity contribution < 1.29 is 14.3 Å². The first kappa shape index (κ1) is 20.3. The standard InChI is InChI=1S/C20H27FN2O3/c1-10(2)9-14(22)20(26)23-17(11(3)4)19(25)16-15(18(16)24)12-5-7-13(21)8-6-12/h5-8,10-11,14,17,19,25H,9,22H2,1-4H3,(H,23,26)/t14-,17-,19+/m0/s1. The smallest absolute Gasteiger partial charge is 0.237 e. The SMILES string of the molecule is CC(C)C[C@H](N)C(=O)N[C@@H](C(C)C)[C@H](O)c1c(-c2ccc(F)cc2)c1=O. The van der Waals surface area contributed by atoms with Crippen LogP contribution in [0.5, 0.6) is 0 Å². The summed E-state index contributed by atoms with van der Waals surface area (Å²) in [5, 5.41) is 13.5. The van der Waals surface area contributed by atoms with Crippen LogP contribution >= 0.6 is 0 Å². The third-order valence-corrected chi connectivity index (χ3v) is 4.54. The van der Waals surface area contributed by atoms with Crippen LogP contribution in [-0.4, -0.2) is 23.1 Å². The number of hydrogen-bond acceptors (Lipinski definition) is 4. The van der Waals surface area contributed by atoms with Crippen molar-refractivity contribution in [3.8, 4) is 11.1 Å². The normalized spacial score (nSPS) is 15.4. The molecule has 0 saturated heterocycles. The maximum absolute atomic E-state index is 13.1. The summed E-state index contributed by atoms with van der Waals surface area (Å²) in [7, 11) is 0. The number of rotatable bonds is 8. The van der Waals surface area contributed by atoms with Gasteiger partial charge in [0.25, 0.3) is 0 Å². The van der Waals surface area contributed by atoms with E-state index in [1.165, 1.54) is 24.3 Å². The van der Waals surface area contributed by atoms with Crippen LogP contribution in [0.2, 0.25) is 0 Å². The Balaban J connectivity index is 2.15. The van der Waals surface area contributed by atoms with Gasteiger partial charge in [0.1, 0.15) is 11.9 Å². The van der Waals surface area contributed by atoms with Crippen molar-refractivity contribution in [2.24, 2.45) is 17.6 Å². The Morgan fingerprint density at radius 3 is 2.27 bits per heavy atom. The first-order chi connectivity index (χ1) is 12.1. The summed E-state index contributed by atoms with van der Waals surface area (Å²) < 4.78 is 13.1. The molecule has 0 aliphatic carbocycles. The van der Waals surface area contributed by atoms with E-state index in [-0.39, 0.29) is 28.7 Å². The molecule has 2 rings (SSSR count). The fraction of sp³-hybridized carbons (Fsp3) is 0.500. The molecule has 0 aliphatic heterocycles. The lowest BCUT2D eigenvalue weighted by molar-refractivity contribution is -0.124. The van der Waals surface area contributed by atoms with E-state index >= 15 is 0 Å². The van der Waals surface area contributed by atoms with E-state index in [2.05, 4.69) is 5.32 Å². The summed E-state index contributed by atoms with van der Waals surface area (Å²) >= 11 is 0. The molecule has 0 bridgehead atoms. The molecule has 2 aromatic rings. The highest BCUT2D eigenvalue weighted by Crippen LogP contribution is 2.33.